The lowest BCUT2D eigenvalue weighted by Crippen LogP contribution is -1.94. The average Bonchev–Trinajstić information content (AvgIpc) is 2.79. The minimum atomic E-state index is 1.14. The van der Waals surface area contributed by atoms with Crippen LogP contribution in [0.3, 0.4) is 0 Å². The van der Waals surface area contributed by atoms with Crippen molar-refractivity contribution in [1.82, 2.24) is 0 Å². The molecule has 0 atom stereocenters. The topological polar surface area (TPSA) is 12.0 Å². The summed E-state index contributed by atoms with van der Waals surface area (Å²) in [5, 5.41) is 13.9. The SMILES string of the molecule is c1ccc2c(c1)cc(Nc1cc3ccccc3c3ccccc13)c1ccccc12. The van der Waals surface area contributed by atoms with Crippen molar-refractivity contribution in [3.05, 3.63) is 109 Å². The molecule has 0 aliphatic carbocycles. The molecule has 136 valence electrons. The number of anilines is 2. The van der Waals surface area contributed by atoms with Crippen molar-refractivity contribution in [3.8, 4) is 0 Å². The van der Waals surface area contributed by atoms with Crippen LogP contribution in [-0.2, 0) is 0 Å². The van der Waals surface area contributed by atoms with Crippen LogP contribution in [0.15, 0.2) is 109 Å². The molecule has 0 amide bonds. The minimum Gasteiger partial charge on any atom is -0.354 e. The Hall–Kier alpha value is -3.84. The molecule has 6 rings (SSSR count). The van der Waals surface area contributed by atoms with E-state index in [-0.39, 0.29) is 0 Å². The molecular weight excluding hydrogens is 350 g/mol. The molecule has 0 aliphatic rings. The second kappa shape index (κ2) is 6.35. The molecule has 6 aromatic rings. The monoisotopic (exact) mass is 369 g/mol. The van der Waals surface area contributed by atoms with Crippen LogP contribution in [0.25, 0.3) is 43.1 Å². The summed E-state index contributed by atoms with van der Waals surface area (Å²) in [4.78, 5) is 0. The predicted molar refractivity (Wildman–Crippen MR) is 126 cm³/mol. The normalized spacial score (nSPS) is 11.4. The second-order valence-corrected chi connectivity index (χ2v) is 7.51. The molecule has 0 saturated heterocycles. The van der Waals surface area contributed by atoms with Gasteiger partial charge in [0.25, 0.3) is 0 Å². The van der Waals surface area contributed by atoms with Crippen LogP contribution in [0.4, 0.5) is 11.4 Å². The Kier molecular flexibility index (Phi) is 3.54. The van der Waals surface area contributed by atoms with Crippen molar-refractivity contribution in [2.75, 3.05) is 5.32 Å². The van der Waals surface area contributed by atoms with Gasteiger partial charge in [0.1, 0.15) is 0 Å². The number of nitrogens with one attached hydrogen (secondary N) is 1. The van der Waals surface area contributed by atoms with Gasteiger partial charge in [0.2, 0.25) is 0 Å². The molecule has 0 radical (unpaired) electrons. The van der Waals surface area contributed by atoms with E-state index in [1.807, 2.05) is 0 Å². The smallest absolute Gasteiger partial charge is 0.0470 e. The minimum absolute atomic E-state index is 1.14. The number of fused-ring (bicyclic) bond motifs is 6. The highest BCUT2D eigenvalue weighted by atomic mass is 14.9. The van der Waals surface area contributed by atoms with E-state index in [1.165, 1.54) is 43.1 Å². The fraction of sp³-hybridized carbons (Fsp3) is 0. The molecule has 0 unspecified atom stereocenters. The standard InChI is InChI=1S/C28H19N/c1-3-11-21-19(9-1)17-27(25-15-7-5-13-23(21)25)29-28-18-20-10-2-4-12-22(20)24-14-6-8-16-26(24)28/h1-18,29H. The number of rotatable bonds is 2. The van der Waals surface area contributed by atoms with Crippen molar-refractivity contribution in [3.63, 3.8) is 0 Å². The molecule has 0 heterocycles. The van der Waals surface area contributed by atoms with E-state index in [1.54, 1.807) is 0 Å². The van der Waals surface area contributed by atoms with Crippen molar-refractivity contribution in [2.45, 2.75) is 0 Å². The summed E-state index contributed by atoms with van der Waals surface area (Å²) in [5.74, 6) is 0. The fourth-order valence-corrected chi connectivity index (χ4v) is 4.46. The lowest BCUT2D eigenvalue weighted by atomic mass is 9.98. The van der Waals surface area contributed by atoms with Gasteiger partial charge in [-0.25, -0.2) is 0 Å². The van der Waals surface area contributed by atoms with Gasteiger partial charge in [-0.05, 0) is 44.5 Å². The van der Waals surface area contributed by atoms with Gasteiger partial charge in [0, 0.05) is 22.1 Å². The Balaban J connectivity index is 1.64. The molecule has 1 heteroatoms. The van der Waals surface area contributed by atoms with E-state index in [2.05, 4.69) is 115 Å². The third kappa shape index (κ3) is 2.55. The zero-order valence-corrected chi connectivity index (χ0v) is 15.9. The summed E-state index contributed by atoms with van der Waals surface area (Å²) in [6, 6.07) is 39.0. The Labute approximate surface area is 169 Å². The molecule has 0 bridgehead atoms. The highest BCUT2D eigenvalue weighted by Gasteiger charge is 2.10. The van der Waals surface area contributed by atoms with Gasteiger partial charge >= 0.3 is 0 Å². The summed E-state index contributed by atoms with van der Waals surface area (Å²) in [6.07, 6.45) is 0. The highest BCUT2D eigenvalue weighted by molar-refractivity contribution is 6.16. The molecule has 0 saturated carbocycles. The molecular formula is C28H19N. The van der Waals surface area contributed by atoms with Crippen LogP contribution in [0.2, 0.25) is 0 Å². The zero-order valence-electron chi connectivity index (χ0n) is 15.9. The maximum Gasteiger partial charge on any atom is 0.0470 e. The third-order valence-corrected chi connectivity index (χ3v) is 5.81. The van der Waals surface area contributed by atoms with Gasteiger partial charge < -0.3 is 5.32 Å². The first kappa shape index (κ1) is 16.1. The summed E-state index contributed by atoms with van der Waals surface area (Å²) in [6.45, 7) is 0. The molecule has 0 aromatic heterocycles. The predicted octanol–water partition coefficient (Wildman–Crippen LogP) is 8.04. The third-order valence-electron chi connectivity index (χ3n) is 5.81. The van der Waals surface area contributed by atoms with Gasteiger partial charge in [-0.1, -0.05) is 97.1 Å². The molecule has 1 nitrogen and oxygen atoms in total. The van der Waals surface area contributed by atoms with E-state index in [9.17, 15) is 0 Å². The number of hydrogen-bond donors (Lipinski definition) is 1. The summed E-state index contributed by atoms with van der Waals surface area (Å²) >= 11 is 0. The molecule has 0 spiro atoms. The van der Waals surface area contributed by atoms with E-state index < -0.39 is 0 Å². The number of benzene rings is 6. The highest BCUT2D eigenvalue weighted by Crippen LogP contribution is 2.37. The van der Waals surface area contributed by atoms with Gasteiger partial charge in [-0.2, -0.15) is 0 Å². The van der Waals surface area contributed by atoms with Crippen LogP contribution in [0.5, 0.6) is 0 Å². The largest absolute Gasteiger partial charge is 0.354 e. The summed E-state index contributed by atoms with van der Waals surface area (Å²) in [5.41, 5.74) is 2.28. The van der Waals surface area contributed by atoms with Gasteiger partial charge in [-0.15, -0.1) is 0 Å². The first-order chi connectivity index (χ1) is 14.4. The quantitative estimate of drug-likeness (QED) is 0.304. The average molecular weight is 369 g/mol. The maximum atomic E-state index is 3.77. The lowest BCUT2D eigenvalue weighted by Gasteiger charge is -2.16. The Morgan fingerprint density at radius 1 is 0.345 bits per heavy atom. The first-order valence-corrected chi connectivity index (χ1v) is 9.96. The van der Waals surface area contributed by atoms with Crippen LogP contribution < -0.4 is 5.32 Å². The number of hydrogen-bond acceptors (Lipinski definition) is 1. The van der Waals surface area contributed by atoms with Crippen LogP contribution >= 0.6 is 0 Å². The fourth-order valence-electron chi connectivity index (χ4n) is 4.46. The molecule has 0 fully saturated rings. The Morgan fingerprint density at radius 3 is 1.14 bits per heavy atom. The van der Waals surface area contributed by atoms with Crippen molar-refractivity contribution >= 4 is 54.5 Å². The van der Waals surface area contributed by atoms with Crippen LogP contribution in [0, 0.1) is 0 Å². The molecule has 6 aromatic carbocycles. The first-order valence-electron chi connectivity index (χ1n) is 9.96. The van der Waals surface area contributed by atoms with Crippen LogP contribution in [0.1, 0.15) is 0 Å². The van der Waals surface area contributed by atoms with E-state index in [0.29, 0.717) is 0 Å². The zero-order chi connectivity index (χ0) is 19.2. The Bertz CT molecular complexity index is 1410. The van der Waals surface area contributed by atoms with Gasteiger partial charge in [0.15, 0.2) is 0 Å². The van der Waals surface area contributed by atoms with Crippen molar-refractivity contribution in [2.24, 2.45) is 0 Å². The van der Waals surface area contributed by atoms with E-state index in [0.717, 1.165) is 11.4 Å². The van der Waals surface area contributed by atoms with Crippen molar-refractivity contribution < 1.29 is 0 Å². The van der Waals surface area contributed by atoms with Crippen LogP contribution in [-0.4, -0.2) is 0 Å². The second-order valence-electron chi connectivity index (χ2n) is 7.51. The summed E-state index contributed by atoms with van der Waals surface area (Å²) in [7, 11) is 0. The molecule has 1 N–H and O–H groups in total. The van der Waals surface area contributed by atoms with E-state index in [4.69, 9.17) is 0 Å². The summed E-state index contributed by atoms with van der Waals surface area (Å²) < 4.78 is 0. The van der Waals surface area contributed by atoms with E-state index >= 15 is 0 Å². The van der Waals surface area contributed by atoms with Crippen molar-refractivity contribution in [1.29, 1.82) is 0 Å². The molecule has 29 heavy (non-hydrogen) atoms. The maximum absolute atomic E-state index is 3.77. The van der Waals surface area contributed by atoms with Gasteiger partial charge in [-0.3, -0.25) is 0 Å². The Morgan fingerprint density at radius 2 is 0.690 bits per heavy atom. The lowest BCUT2D eigenvalue weighted by molar-refractivity contribution is 1.64. The molecule has 0 aliphatic heterocycles. The van der Waals surface area contributed by atoms with Gasteiger partial charge in [0.05, 0.1) is 0 Å².